The zero-order chi connectivity index (χ0) is 16.5. The van der Waals surface area contributed by atoms with E-state index in [-0.39, 0.29) is 0 Å². The van der Waals surface area contributed by atoms with Gasteiger partial charge >= 0.3 is 0 Å². The van der Waals surface area contributed by atoms with Crippen molar-refractivity contribution in [2.45, 2.75) is 19.4 Å². The number of benzene rings is 3. The predicted octanol–water partition coefficient (Wildman–Crippen LogP) is 5.20. The van der Waals surface area contributed by atoms with Crippen LogP contribution in [0, 0.1) is 0 Å². The van der Waals surface area contributed by atoms with Gasteiger partial charge in [0, 0.05) is 6.54 Å². The Bertz CT molecular complexity index is 708. The summed E-state index contributed by atoms with van der Waals surface area (Å²) in [6, 6.07) is 28.8. The summed E-state index contributed by atoms with van der Waals surface area (Å²) in [7, 11) is 0. The topological polar surface area (TPSA) is 21.3 Å². The lowest BCUT2D eigenvalue weighted by Gasteiger charge is -2.08. The van der Waals surface area contributed by atoms with Crippen LogP contribution < -0.4 is 10.1 Å². The van der Waals surface area contributed by atoms with Gasteiger partial charge in [-0.15, -0.1) is 0 Å². The van der Waals surface area contributed by atoms with Crippen molar-refractivity contribution in [3.8, 4) is 11.5 Å². The van der Waals surface area contributed by atoms with E-state index in [1.807, 2.05) is 42.5 Å². The molecule has 0 aliphatic carbocycles. The SMILES string of the molecule is c1ccc(CCCNCc2ccc(Oc3ccccc3)cc2)cc1. The van der Waals surface area contributed by atoms with E-state index in [1.165, 1.54) is 11.1 Å². The van der Waals surface area contributed by atoms with Crippen molar-refractivity contribution in [2.24, 2.45) is 0 Å². The van der Waals surface area contributed by atoms with Gasteiger partial charge in [0.15, 0.2) is 0 Å². The third-order valence-corrected chi connectivity index (χ3v) is 3.89. The first-order valence-corrected chi connectivity index (χ1v) is 8.47. The molecule has 0 amide bonds. The number of para-hydroxylation sites is 1. The van der Waals surface area contributed by atoms with Crippen molar-refractivity contribution in [1.82, 2.24) is 5.32 Å². The number of hydrogen-bond acceptors (Lipinski definition) is 2. The van der Waals surface area contributed by atoms with E-state index in [2.05, 4.69) is 47.8 Å². The van der Waals surface area contributed by atoms with Crippen molar-refractivity contribution in [1.29, 1.82) is 0 Å². The molecule has 1 N–H and O–H groups in total. The second-order valence-corrected chi connectivity index (χ2v) is 5.82. The Labute approximate surface area is 144 Å². The van der Waals surface area contributed by atoms with Gasteiger partial charge in [-0.25, -0.2) is 0 Å². The summed E-state index contributed by atoms with van der Waals surface area (Å²) in [4.78, 5) is 0. The summed E-state index contributed by atoms with van der Waals surface area (Å²) >= 11 is 0. The molecule has 0 aromatic heterocycles. The second kappa shape index (κ2) is 8.90. The zero-order valence-electron chi connectivity index (χ0n) is 13.8. The van der Waals surface area contributed by atoms with Crippen LogP contribution in [0.15, 0.2) is 84.9 Å². The van der Waals surface area contributed by atoms with Crippen LogP contribution in [0.3, 0.4) is 0 Å². The first-order chi connectivity index (χ1) is 11.9. The Morgan fingerprint density at radius 3 is 1.96 bits per heavy atom. The van der Waals surface area contributed by atoms with E-state index in [4.69, 9.17) is 4.74 Å². The first kappa shape index (κ1) is 16.3. The molecule has 122 valence electrons. The van der Waals surface area contributed by atoms with Gasteiger partial charge in [0.05, 0.1) is 0 Å². The summed E-state index contributed by atoms with van der Waals surface area (Å²) in [6.45, 7) is 1.91. The third-order valence-electron chi connectivity index (χ3n) is 3.89. The molecule has 0 atom stereocenters. The van der Waals surface area contributed by atoms with Crippen LogP contribution >= 0.6 is 0 Å². The lowest BCUT2D eigenvalue weighted by atomic mass is 10.1. The molecule has 0 aliphatic rings. The molecule has 2 nitrogen and oxygen atoms in total. The molecule has 0 saturated carbocycles. The van der Waals surface area contributed by atoms with Gasteiger partial charge in [0.25, 0.3) is 0 Å². The fourth-order valence-corrected chi connectivity index (χ4v) is 2.59. The maximum absolute atomic E-state index is 5.80. The van der Waals surface area contributed by atoms with E-state index in [0.29, 0.717) is 0 Å². The van der Waals surface area contributed by atoms with Crippen LogP contribution in [0.5, 0.6) is 11.5 Å². The Morgan fingerprint density at radius 2 is 1.25 bits per heavy atom. The van der Waals surface area contributed by atoms with Gasteiger partial charge in [0.2, 0.25) is 0 Å². The molecule has 24 heavy (non-hydrogen) atoms. The van der Waals surface area contributed by atoms with Crippen LogP contribution in [0.2, 0.25) is 0 Å². The molecule has 0 saturated heterocycles. The number of ether oxygens (including phenoxy) is 1. The second-order valence-electron chi connectivity index (χ2n) is 5.82. The molecule has 3 rings (SSSR count). The van der Waals surface area contributed by atoms with E-state index in [0.717, 1.165) is 37.4 Å². The molecule has 0 spiro atoms. The summed E-state index contributed by atoms with van der Waals surface area (Å²) in [5.41, 5.74) is 2.68. The molecule has 0 heterocycles. The van der Waals surface area contributed by atoms with Gasteiger partial charge in [0.1, 0.15) is 11.5 Å². The molecule has 3 aromatic carbocycles. The summed E-state index contributed by atoms with van der Waals surface area (Å²) in [5, 5.41) is 3.50. The number of rotatable bonds is 8. The highest BCUT2D eigenvalue weighted by atomic mass is 16.5. The van der Waals surface area contributed by atoms with E-state index in [1.54, 1.807) is 0 Å². The van der Waals surface area contributed by atoms with Crippen molar-refractivity contribution in [2.75, 3.05) is 6.54 Å². The number of hydrogen-bond donors (Lipinski definition) is 1. The maximum atomic E-state index is 5.80. The highest BCUT2D eigenvalue weighted by Gasteiger charge is 1.98. The summed E-state index contributed by atoms with van der Waals surface area (Å²) in [6.07, 6.45) is 2.27. The van der Waals surface area contributed by atoms with Gasteiger partial charge in [-0.2, -0.15) is 0 Å². The third kappa shape index (κ3) is 5.25. The van der Waals surface area contributed by atoms with Crippen LogP contribution in [0.4, 0.5) is 0 Å². The van der Waals surface area contributed by atoms with Crippen LogP contribution in [-0.2, 0) is 13.0 Å². The Balaban J connectivity index is 1.38. The number of nitrogens with one attached hydrogen (secondary N) is 1. The van der Waals surface area contributed by atoms with Crippen LogP contribution in [0.25, 0.3) is 0 Å². The monoisotopic (exact) mass is 317 g/mol. The summed E-state index contributed by atoms with van der Waals surface area (Å²) < 4.78 is 5.80. The Kier molecular flexibility index (Phi) is 6.04. The van der Waals surface area contributed by atoms with Gasteiger partial charge in [-0.3, -0.25) is 0 Å². The Hall–Kier alpha value is -2.58. The van der Waals surface area contributed by atoms with Crippen molar-refractivity contribution in [3.63, 3.8) is 0 Å². The molecule has 0 aliphatic heterocycles. The average molecular weight is 317 g/mol. The molecule has 0 bridgehead atoms. The fourth-order valence-electron chi connectivity index (χ4n) is 2.59. The zero-order valence-corrected chi connectivity index (χ0v) is 13.8. The van der Waals surface area contributed by atoms with E-state index in [9.17, 15) is 0 Å². The summed E-state index contributed by atoms with van der Waals surface area (Å²) in [5.74, 6) is 1.73. The molecular weight excluding hydrogens is 294 g/mol. The normalized spacial score (nSPS) is 10.5. The minimum atomic E-state index is 0.865. The molecule has 0 unspecified atom stereocenters. The standard InChI is InChI=1S/C22H23NO/c1-3-8-19(9-4-1)10-7-17-23-18-20-13-15-22(16-14-20)24-21-11-5-2-6-12-21/h1-6,8-9,11-16,23H,7,10,17-18H2. The quantitative estimate of drug-likeness (QED) is 0.576. The molecule has 2 heteroatoms. The lowest BCUT2D eigenvalue weighted by molar-refractivity contribution is 0.482. The minimum Gasteiger partial charge on any atom is -0.457 e. The lowest BCUT2D eigenvalue weighted by Crippen LogP contribution is -2.15. The smallest absolute Gasteiger partial charge is 0.127 e. The highest BCUT2D eigenvalue weighted by molar-refractivity contribution is 5.32. The van der Waals surface area contributed by atoms with Gasteiger partial charge in [-0.1, -0.05) is 60.7 Å². The molecule has 0 radical (unpaired) electrons. The van der Waals surface area contributed by atoms with Crippen molar-refractivity contribution < 1.29 is 4.74 Å². The number of aryl methyl sites for hydroxylation is 1. The largest absolute Gasteiger partial charge is 0.457 e. The molecule has 0 fully saturated rings. The first-order valence-electron chi connectivity index (χ1n) is 8.47. The van der Waals surface area contributed by atoms with Gasteiger partial charge < -0.3 is 10.1 Å². The predicted molar refractivity (Wildman–Crippen MR) is 99.4 cm³/mol. The fraction of sp³-hybridized carbons (Fsp3) is 0.182. The van der Waals surface area contributed by atoms with E-state index >= 15 is 0 Å². The van der Waals surface area contributed by atoms with Crippen LogP contribution in [-0.4, -0.2) is 6.54 Å². The van der Waals surface area contributed by atoms with E-state index < -0.39 is 0 Å². The van der Waals surface area contributed by atoms with Crippen LogP contribution in [0.1, 0.15) is 17.5 Å². The Morgan fingerprint density at radius 1 is 0.625 bits per heavy atom. The molecular formula is C22H23NO. The molecule has 3 aromatic rings. The maximum Gasteiger partial charge on any atom is 0.127 e. The average Bonchev–Trinajstić information content (AvgIpc) is 2.65. The highest BCUT2D eigenvalue weighted by Crippen LogP contribution is 2.21. The van der Waals surface area contributed by atoms with Crippen molar-refractivity contribution in [3.05, 3.63) is 96.1 Å². The van der Waals surface area contributed by atoms with Crippen molar-refractivity contribution >= 4 is 0 Å². The van der Waals surface area contributed by atoms with Gasteiger partial charge in [-0.05, 0) is 54.8 Å². The minimum absolute atomic E-state index is 0.865.